The molecule has 0 aliphatic heterocycles. The number of hydrogen-bond acceptors (Lipinski definition) is 4. The van der Waals surface area contributed by atoms with E-state index in [1.54, 1.807) is 4.68 Å². The fraction of sp³-hybridized carbons (Fsp3) is 0.714. The van der Waals surface area contributed by atoms with Crippen LogP contribution in [0.3, 0.4) is 0 Å². The van der Waals surface area contributed by atoms with Crippen molar-refractivity contribution in [1.82, 2.24) is 15.1 Å². The summed E-state index contributed by atoms with van der Waals surface area (Å²) in [4.78, 5) is 12.1. The Kier molecular flexibility index (Phi) is 5.11. The Hall–Kier alpha value is -1.36. The molecule has 1 N–H and O–H groups in total. The lowest BCUT2D eigenvalue weighted by Crippen LogP contribution is -2.32. The lowest BCUT2D eigenvalue weighted by molar-refractivity contribution is -0.145. The van der Waals surface area contributed by atoms with Gasteiger partial charge in [0, 0.05) is 24.2 Å². The van der Waals surface area contributed by atoms with Gasteiger partial charge in [-0.3, -0.25) is 4.68 Å². The predicted octanol–water partition coefficient (Wildman–Crippen LogP) is 1.93. The zero-order chi connectivity index (χ0) is 14.6. The Morgan fingerprint density at radius 1 is 1.47 bits per heavy atom. The molecule has 0 bridgehead atoms. The molecule has 1 rings (SSSR count). The molecule has 0 amide bonds. The lowest BCUT2D eigenvalue weighted by Gasteiger charge is -2.22. The summed E-state index contributed by atoms with van der Waals surface area (Å²) < 4.78 is 6.90. The Morgan fingerprint density at radius 3 is 2.58 bits per heavy atom. The van der Waals surface area contributed by atoms with Crippen molar-refractivity contribution in [3.63, 3.8) is 0 Å². The molecule has 1 unspecified atom stereocenters. The van der Waals surface area contributed by atoms with Gasteiger partial charge in [-0.05, 0) is 13.5 Å². The molecule has 0 aliphatic rings. The van der Waals surface area contributed by atoms with E-state index in [-0.39, 0.29) is 11.4 Å². The van der Waals surface area contributed by atoms with Gasteiger partial charge in [0.25, 0.3) is 0 Å². The Balaban J connectivity index is 3.19. The molecule has 1 heterocycles. The van der Waals surface area contributed by atoms with Crippen LogP contribution in [0.4, 0.5) is 0 Å². The molecule has 0 radical (unpaired) electrons. The minimum atomic E-state index is -0.451. The number of ether oxygens (including phenoxy) is 1. The lowest BCUT2D eigenvalue weighted by atomic mass is 9.87. The van der Waals surface area contributed by atoms with Crippen LogP contribution in [0.5, 0.6) is 0 Å². The van der Waals surface area contributed by atoms with Gasteiger partial charge in [0.2, 0.25) is 0 Å². The van der Waals surface area contributed by atoms with E-state index in [9.17, 15) is 4.79 Å². The molecule has 19 heavy (non-hydrogen) atoms. The molecule has 1 atom stereocenters. The van der Waals surface area contributed by atoms with E-state index >= 15 is 0 Å². The summed E-state index contributed by atoms with van der Waals surface area (Å²) in [7, 11) is 1.87. The maximum absolute atomic E-state index is 12.1. The number of nitrogens with zero attached hydrogens (tertiary/aromatic N) is 2. The molecule has 0 saturated carbocycles. The fourth-order valence-corrected chi connectivity index (χ4v) is 2.05. The van der Waals surface area contributed by atoms with Crippen LogP contribution >= 0.6 is 0 Å². The number of likely N-dealkylation sites (N-methyl/N-ethyl adjacent to an activating group) is 1. The zero-order valence-corrected chi connectivity index (χ0v) is 12.8. The first-order valence-electron chi connectivity index (χ1n) is 6.75. The van der Waals surface area contributed by atoms with E-state index in [2.05, 4.69) is 31.2 Å². The van der Waals surface area contributed by atoms with Crippen LogP contribution in [0.25, 0.3) is 0 Å². The van der Waals surface area contributed by atoms with Gasteiger partial charge in [-0.2, -0.15) is 5.10 Å². The second kappa shape index (κ2) is 6.19. The highest BCUT2D eigenvalue weighted by Crippen LogP contribution is 2.29. The third-order valence-electron chi connectivity index (χ3n) is 2.81. The molecule has 1 aromatic rings. The summed E-state index contributed by atoms with van der Waals surface area (Å²) >= 11 is 0. The predicted molar refractivity (Wildman–Crippen MR) is 75.0 cm³/mol. The van der Waals surface area contributed by atoms with Crippen molar-refractivity contribution in [3.05, 3.63) is 17.5 Å². The summed E-state index contributed by atoms with van der Waals surface area (Å²) in [6.07, 6.45) is 1.89. The van der Waals surface area contributed by atoms with Gasteiger partial charge >= 0.3 is 5.97 Å². The van der Waals surface area contributed by atoms with Crippen molar-refractivity contribution in [1.29, 1.82) is 0 Å². The maximum Gasteiger partial charge on any atom is 0.327 e. The molecule has 0 aromatic carbocycles. The number of carbonyl (C=O) groups is 1. The summed E-state index contributed by atoms with van der Waals surface area (Å²) in [6, 6.07) is -0.451. The number of carbonyl (C=O) groups excluding carboxylic acids is 1. The van der Waals surface area contributed by atoms with Crippen LogP contribution in [-0.4, -0.2) is 28.9 Å². The van der Waals surface area contributed by atoms with Crippen molar-refractivity contribution in [2.45, 2.75) is 46.1 Å². The first kappa shape index (κ1) is 15.7. The monoisotopic (exact) mass is 267 g/mol. The minimum Gasteiger partial charge on any atom is -0.465 e. The Morgan fingerprint density at radius 2 is 2.11 bits per heavy atom. The molecular formula is C14H25N3O2. The summed E-state index contributed by atoms with van der Waals surface area (Å²) in [5, 5.41) is 7.68. The molecule has 5 nitrogen and oxygen atoms in total. The second-order valence-corrected chi connectivity index (χ2v) is 5.60. The molecule has 5 heteroatoms. The number of aromatic nitrogens is 2. The van der Waals surface area contributed by atoms with Crippen molar-refractivity contribution >= 4 is 5.97 Å². The largest absolute Gasteiger partial charge is 0.465 e. The normalized spacial score (nSPS) is 13.4. The Labute approximate surface area is 115 Å². The van der Waals surface area contributed by atoms with Gasteiger partial charge in [0.1, 0.15) is 6.04 Å². The summed E-state index contributed by atoms with van der Waals surface area (Å²) in [5.41, 5.74) is 1.71. The number of nitrogens with one attached hydrogen (secondary N) is 1. The van der Waals surface area contributed by atoms with Crippen LogP contribution < -0.4 is 5.32 Å². The van der Waals surface area contributed by atoms with Crippen molar-refractivity contribution < 1.29 is 9.53 Å². The van der Waals surface area contributed by atoms with Gasteiger partial charge in [0.05, 0.1) is 12.3 Å². The molecule has 0 aliphatic carbocycles. The van der Waals surface area contributed by atoms with E-state index in [4.69, 9.17) is 4.74 Å². The standard InChI is InChI=1S/C14H25N3O2/c1-7-15-11(13(18)19-8-2)10-9-17(6)16-12(10)14(3,4)5/h9,11,15H,7-8H2,1-6H3. The number of hydrogen-bond donors (Lipinski definition) is 1. The Bertz CT molecular complexity index is 432. The van der Waals surface area contributed by atoms with Crippen molar-refractivity contribution in [3.8, 4) is 0 Å². The molecule has 0 spiro atoms. The average Bonchev–Trinajstić information content (AvgIpc) is 2.68. The summed E-state index contributed by atoms with van der Waals surface area (Å²) in [5.74, 6) is -0.247. The fourth-order valence-electron chi connectivity index (χ4n) is 2.05. The number of aryl methyl sites for hydroxylation is 1. The van der Waals surface area contributed by atoms with Gasteiger partial charge in [0.15, 0.2) is 0 Å². The first-order chi connectivity index (χ1) is 8.81. The third kappa shape index (κ3) is 3.80. The molecule has 0 fully saturated rings. The summed E-state index contributed by atoms with van der Waals surface area (Å²) in [6.45, 7) is 11.1. The molecule has 0 saturated heterocycles. The minimum absolute atomic E-state index is 0.114. The molecule has 1 aromatic heterocycles. The average molecular weight is 267 g/mol. The van der Waals surface area contributed by atoms with Gasteiger partial charge in [-0.15, -0.1) is 0 Å². The topological polar surface area (TPSA) is 56.1 Å². The highest BCUT2D eigenvalue weighted by atomic mass is 16.5. The number of esters is 1. The maximum atomic E-state index is 12.1. The van der Waals surface area contributed by atoms with E-state index in [1.807, 2.05) is 27.1 Å². The highest BCUT2D eigenvalue weighted by Gasteiger charge is 2.30. The van der Waals surface area contributed by atoms with Crippen LogP contribution in [0.1, 0.15) is 51.9 Å². The van der Waals surface area contributed by atoms with E-state index in [1.165, 1.54) is 0 Å². The van der Waals surface area contributed by atoms with E-state index in [0.717, 1.165) is 11.3 Å². The van der Waals surface area contributed by atoms with Gasteiger partial charge < -0.3 is 10.1 Å². The van der Waals surface area contributed by atoms with Crippen LogP contribution in [0.2, 0.25) is 0 Å². The van der Waals surface area contributed by atoms with E-state index < -0.39 is 6.04 Å². The van der Waals surface area contributed by atoms with Gasteiger partial charge in [-0.25, -0.2) is 4.79 Å². The van der Waals surface area contributed by atoms with Crippen LogP contribution in [-0.2, 0) is 22.0 Å². The van der Waals surface area contributed by atoms with Crippen molar-refractivity contribution in [2.75, 3.05) is 13.2 Å². The second-order valence-electron chi connectivity index (χ2n) is 5.60. The van der Waals surface area contributed by atoms with Crippen molar-refractivity contribution in [2.24, 2.45) is 7.05 Å². The number of rotatable bonds is 5. The smallest absolute Gasteiger partial charge is 0.327 e. The molecule has 108 valence electrons. The van der Waals surface area contributed by atoms with E-state index in [0.29, 0.717) is 13.2 Å². The highest BCUT2D eigenvalue weighted by molar-refractivity contribution is 5.78. The van der Waals surface area contributed by atoms with Crippen LogP contribution in [0, 0.1) is 0 Å². The quantitative estimate of drug-likeness (QED) is 0.828. The zero-order valence-electron chi connectivity index (χ0n) is 12.8. The first-order valence-corrected chi connectivity index (χ1v) is 6.75. The third-order valence-corrected chi connectivity index (χ3v) is 2.81. The van der Waals surface area contributed by atoms with Gasteiger partial charge in [-0.1, -0.05) is 27.7 Å². The SMILES string of the molecule is CCNC(C(=O)OCC)c1cn(C)nc1C(C)(C)C. The molecular weight excluding hydrogens is 242 g/mol. The van der Waals surface area contributed by atoms with Crippen LogP contribution in [0.15, 0.2) is 6.20 Å².